The molecule has 0 aromatic heterocycles. The molecule has 2 aliphatic carbocycles. The van der Waals surface area contributed by atoms with Gasteiger partial charge >= 0.3 is 26.2 Å². The second-order valence-electron chi connectivity index (χ2n) is 7.07. The summed E-state index contributed by atoms with van der Waals surface area (Å²) in [4.78, 5) is 0. The summed E-state index contributed by atoms with van der Waals surface area (Å²) in [7, 11) is 0.829. The molecule has 0 aliphatic heterocycles. The van der Waals surface area contributed by atoms with Crippen LogP contribution >= 0.6 is 33.4 Å². The minimum absolute atomic E-state index is 0. The minimum Gasteiger partial charge on any atom is -0.273 e. The monoisotopic (exact) mass is 727 g/mol. The van der Waals surface area contributed by atoms with Gasteiger partial charge in [0.2, 0.25) is 7.28 Å². The van der Waals surface area contributed by atoms with Crippen LogP contribution in [-0.4, -0.2) is 19.6 Å². The molecule has 0 nitrogen and oxygen atoms in total. The molecule has 15 heteroatoms. The van der Waals surface area contributed by atoms with E-state index in [-0.39, 0.29) is 58.3 Å². The fourth-order valence-electron chi connectivity index (χ4n) is 2.57. The van der Waals surface area contributed by atoms with E-state index in [2.05, 4.69) is 38.2 Å². The van der Waals surface area contributed by atoms with Crippen molar-refractivity contribution in [1.29, 1.82) is 0 Å². The van der Waals surface area contributed by atoms with Crippen LogP contribution in [0.4, 0.5) is 43.9 Å². The summed E-state index contributed by atoms with van der Waals surface area (Å²) >= 11 is 0. The smallest absolute Gasteiger partial charge is 0.273 e. The molecule has 0 N–H and O–H groups in total. The Morgan fingerprint density at radius 2 is 0.829 bits per heavy atom. The van der Waals surface area contributed by atoms with Gasteiger partial charge in [0.15, 0.2) is 58.2 Å². The zero-order valence-corrected chi connectivity index (χ0v) is 26.6. The third-order valence-corrected chi connectivity index (χ3v) is 5.45. The Kier molecular flexibility index (Phi) is 24.9. The van der Waals surface area contributed by atoms with Crippen LogP contribution in [0.15, 0.2) is 36.5 Å². The van der Waals surface area contributed by atoms with Gasteiger partial charge in [0, 0.05) is 0 Å². The number of hydrogen-bond donors (Lipinski definition) is 0. The van der Waals surface area contributed by atoms with Crippen LogP contribution in [0.5, 0.6) is 0 Å². The molecule has 1 radical (unpaired) electrons. The molecule has 0 saturated heterocycles. The predicted molar refractivity (Wildman–Crippen MR) is 145 cm³/mol. The van der Waals surface area contributed by atoms with Gasteiger partial charge in [-0.1, -0.05) is 13.8 Å². The van der Waals surface area contributed by atoms with Gasteiger partial charge in [-0.05, 0) is 23.2 Å². The maximum absolute atomic E-state index is 13.4. The molecule has 2 aromatic rings. The summed E-state index contributed by atoms with van der Waals surface area (Å²) < 4.78 is 131. The van der Waals surface area contributed by atoms with Crippen molar-refractivity contribution in [2.24, 2.45) is 0 Å². The van der Waals surface area contributed by atoms with E-state index in [4.69, 9.17) is 0 Å². The zero-order chi connectivity index (χ0) is 28.8. The fraction of sp³-hybridized carbons (Fsp3) is 0.231. The van der Waals surface area contributed by atoms with Crippen LogP contribution in [-0.2, 0) is 26.2 Å². The number of halogens is 12. The molecular formula is C26H23BCl2F10PZr. The van der Waals surface area contributed by atoms with Crippen molar-refractivity contribution in [1.82, 2.24) is 0 Å². The molecule has 4 rings (SSSR count). The molecule has 0 atom stereocenters. The number of benzene rings is 2. The Hall–Kier alpha value is -1.34. The first-order valence-electron chi connectivity index (χ1n) is 11.0. The van der Waals surface area contributed by atoms with E-state index in [0.717, 1.165) is 12.8 Å². The SMILES string of the molecule is CCPCC.Cl.Cl.Fc1c(F)c(F)c([B]c2c(F)c(F)c(F)c(F)c2F)c(F)c1F.[C-]1=CC=CC1.[C-]1=CC=CC1.[Zr+2]. The van der Waals surface area contributed by atoms with Crippen LogP contribution in [0, 0.1) is 70.3 Å². The van der Waals surface area contributed by atoms with Gasteiger partial charge in [0.05, 0.1) is 0 Å². The van der Waals surface area contributed by atoms with Gasteiger partial charge in [-0.15, -0.1) is 46.2 Å². The molecule has 41 heavy (non-hydrogen) atoms. The van der Waals surface area contributed by atoms with Gasteiger partial charge in [0.1, 0.15) is 0 Å². The Bertz CT molecular complexity index is 1050. The third kappa shape index (κ3) is 13.2. The van der Waals surface area contributed by atoms with Crippen molar-refractivity contribution < 1.29 is 70.1 Å². The van der Waals surface area contributed by atoms with Gasteiger partial charge in [0.25, 0.3) is 0 Å². The second-order valence-corrected chi connectivity index (χ2v) is 8.99. The number of rotatable bonds is 4. The first-order chi connectivity index (χ1) is 18.0. The van der Waals surface area contributed by atoms with Gasteiger partial charge in [-0.2, -0.15) is 12.2 Å². The normalized spacial score (nSPS) is 11.5. The van der Waals surface area contributed by atoms with E-state index in [0.29, 0.717) is 0 Å². The van der Waals surface area contributed by atoms with Gasteiger partial charge in [-0.25, -0.2) is 68.2 Å². The van der Waals surface area contributed by atoms with Crippen molar-refractivity contribution >= 4 is 51.6 Å². The van der Waals surface area contributed by atoms with Crippen LogP contribution in [0.25, 0.3) is 0 Å². The molecule has 0 unspecified atom stereocenters. The van der Waals surface area contributed by atoms with E-state index in [1.165, 1.54) is 20.9 Å². The third-order valence-electron chi connectivity index (χ3n) is 4.45. The Labute approximate surface area is 266 Å². The van der Waals surface area contributed by atoms with E-state index < -0.39 is 69.1 Å². The molecule has 0 amide bonds. The first kappa shape index (κ1) is 44.1. The summed E-state index contributed by atoms with van der Waals surface area (Å²) in [6.07, 6.45) is 22.7. The molecule has 223 valence electrons. The topological polar surface area (TPSA) is 0 Å². The van der Waals surface area contributed by atoms with E-state index in [1.54, 1.807) is 0 Å². The number of hydrogen-bond acceptors (Lipinski definition) is 0. The fourth-order valence-corrected chi connectivity index (χ4v) is 3.07. The van der Waals surface area contributed by atoms with Gasteiger partial charge in [-0.3, -0.25) is 12.2 Å². The summed E-state index contributed by atoms with van der Waals surface area (Å²) in [6.45, 7) is 4.45. The Morgan fingerprint density at radius 1 is 0.561 bits per heavy atom. The summed E-state index contributed by atoms with van der Waals surface area (Å²) in [5, 5.41) is 0. The zero-order valence-electron chi connectivity index (χ0n) is 21.5. The van der Waals surface area contributed by atoms with Crippen molar-refractivity contribution in [3.63, 3.8) is 0 Å². The minimum atomic E-state index is -2.55. The van der Waals surface area contributed by atoms with Crippen molar-refractivity contribution in [2.75, 3.05) is 12.3 Å². The van der Waals surface area contributed by atoms with Crippen LogP contribution in [0.1, 0.15) is 26.7 Å². The van der Waals surface area contributed by atoms with Gasteiger partial charge < -0.3 is 0 Å². The maximum atomic E-state index is 13.4. The van der Waals surface area contributed by atoms with E-state index in [9.17, 15) is 43.9 Å². The summed E-state index contributed by atoms with van der Waals surface area (Å²) in [6, 6.07) is 0. The Morgan fingerprint density at radius 3 is 0.976 bits per heavy atom. The molecule has 2 aliphatic rings. The largest absolute Gasteiger partial charge is 2.00 e. The molecule has 2 aromatic carbocycles. The van der Waals surface area contributed by atoms with E-state index >= 15 is 0 Å². The van der Waals surface area contributed by atoms with Crippen LogP contribution in [0.2, 0.25) is 0 Å². The molecule has 0 saturated carbocycles. The predicted octanol–water partition coefficient (Wildman–Crippen LogP) is 7.89. The van der Waals surface area contributed by atoms with Crippen molar-refractivity contribution in [3.8, 4) is 0 Å². The Balaban J connectivity index is -0.000000654. The molecule has 0 bridgehead atoms. The summed E-state index contributed by atoms with van der Waals surface area (Å²) in [5.74, 6) is -24.9. The number of allylic oxidation sites excluding steroid dienone is 8. The molecule has 0 spiro atoms. The quantitative estimate of drug-likeness (QED) is 0.0751. The maximum Gasteiger partial charge on any atom is 2.00 e. The summed E-state index contributed by atoms with van der Waals surface area (Å²) in [5.41, 5.74) is -3.71. The average molecular weight is 729 g/mol. The van der Waals surface area contributed by atoms with Crippen molar-refractivity contribution in [2.45, 2.75) is 26.7 Å². The first-order valence-corrected chi connectivity index (χ1v) is 12.4. The van der Waals surface area contributed by atoms with Crippen LogP contribution < -0.4 is 10.9 Å². The average Bonchev–Trinajstić information content (AvgIpc) is 3.69. The standard InChI is InChI=1S/C12BF10.2C5H5.C4H11P.2ClH.Zr/c14-3-1(4(15)8(19)11(22)7(3)18)13-2-5(16)9(20)12(23)10(21)6(2)17;2*1-2-4-5-3-1;1-3-5-4-2;;;/h;2*1-3H,4H2;5H,3-4H2,1-2H3;2*1H;/q;2*-1;;;;+2. The van der Waals surface area contributed by atoms with Crippen LogP contribution in [0.3, 0.4) is 0 Å². The molecular weight excluding hydrogens is 706 g/mol. The molecule has 0 fully saturated rings. The molecule has 0 heterocycles. The van der Waals surface area contributed by atoms with E-state index in [1.807, 2.05) is 24.3 Å². The van der Waals surface area contributed by atoms with Crippen molar-refractivity contribution in [3.05, 3.63) is 107 Å². The second kappa shape index (κ2) is 23.2.